The molecule has 0 aliphatic rings. The molecule has 0 radical (unpaired) electrons. The lowest BCUT2D eigenvalue weighted by Gasteiger charge is -2.19. The molecule has 2 aromatic carbocycles. The SMILES string of the molecule is Cc1cc(=O)c(C(=O)N[C@H](c2ccc(Cl)cc2)c2nccn2C)nn1-c1ccccc1[N+](=O)[O-]. The van der Waals surface area contributed by atoms with E-state index in [2.05, 4.69) is 15.4 Å². The lowest BCUT2D eigenvalue weighted by Crippen LogP contribution is -2.36. The average Bonchev–Trinajstić information content (AvgIpc) is 3.23. The first-order valence-corrected chi connectivity index (χ1v) is 10.5. The first-order valence-electron chi connectivity index (χ1n) is 10.1. The van der Waals surface area contributed by atoms with Gasteiger partial charge in [0.05, 0.1) is 4.92 Å². The summed E-state index contributed by atoms with van der Waals surface area (Å²) in [6, 6.07) is 13.3. The number of nitrogens with one attached hydrogen (secondary N) is 1. The van der Waals surface area contributed by atoms with Crippen molar-refractivity contribution in [2.45, 2.75) is 13.0 Å². The number of imidazole rings is 1. The van der Waals surface area contributed by atoms with Gasteiger partial charge in [0.1, 0.15) is 17.6 Å². The number of hydrogen-bond donors (Lipinski definition) is 1. The fraction of sp³-hybridized carbons (Fsp3) is 0.130. The summed E-state index contributed by atoms with van der Waals surface area (Å²) in [5.74, 6) is -0.220. The zero-order valence-corrected chi connectivity index (χ0v) is 18.9. The fourth-order valence-corrected chi connectivity index (χ4v) is 3.68. The molecule has 10 nitrogen and oxygen atoms in total. The van der Waals surface area contributed by atoms with Crippen LogP contribution in [0.5, 0.6) is 0 Å². The van der Waals surface area contributed by atoms with Crippen molar-refractivity contribution < 1.29 is 9.72 Å². The second-order valence-corrected chi connectivity index (χ2v) is 7.95. The van der Waals surface area contributed by atoms with Crippen molar-refractivity contribution in [3.63, 3.8) is 0 Å². The Morgan fingerprint density at radius 1 is 1.18 bits per heavy atom. The maximum absolute atomic E-state index is 13.3. The number of carbonyl (C=O) groups excluding carboxylic acids is 1. The van der Waals surface area contributed by atoms with Gasteiger partial charge in [-0.15, -0.1) is 0 Å². The predicted octanol–water partition coefficient (Wildman–Crippen LogP) is 3.36. The zero-order chi connectivity index (χ0) is 24.4. The van der Waals surface area contributed by atoms with Crippen molar-refractivity contribution in [3.05, 3.63) is 115 Å². The highest BCUT2D eigenvalue weighted by molar-refractivity contribution is 6.30. The van der Waals surface area contributed by atoms with Crippen LogP contribution in [0.25, 0.3) is 5.69 Å². The van der Waals surface area contributed by atoms with Gasteiger partial charge in [-0.1, -0.05) is 35.9 Å². The van der Waals surface area contributed by atoms with Crippen molar-refractivity contribution in [3.8, 4) is 5.69 Å². The minimum atomic E-state index is -0.750. The first kappa shape index (κ1) is 22.9. The lowest BCUT2D eigenvalue weighted by atomic mass is 10.1. The first-order chi connectivity index (χ1) is 16.3. The molecule has 0 bridgehead atoms. The Labute approximate surface area is 198 Å². The highest BCUT2D eigenvalue weighted by atomic mass is 35.5. The van der Waals surface area contributed by atoms with Gasteiger partial charge in [0, 0.05) is 42.3 Å². The smallest absolute Gasteiger partial charge is 0.294 e. The molecule has 4 aromatic rings. The minimum Gasteiger partial charge on any atom is -0.336 e. The number of aromatic nitrogens is 4. The summed E-state index contributed by atoms with van der Waals surface area (Å²) in [6.45, 7) is 1.58. The molecule has 0 unspecified atom stereocenters. The van der Waals surface area contributed by atoms with Crippen LogP contribution in [0.15, 0.2) is 71.8 Å². The highest BCUT2D eigenvalue weighted by Crippen LogP contribution is 2.24. The minimum absolute atomic E-state index is 0.136. The molecule has 0 fully saturated rings. The van der Waals surface area contributed by atoms with Gasteiger partial charge < -0.3 is 9.88 Å². The second-order valence-electron chi connectivity index (χ2n) is 7.51. The molecule has 0 aliphatic carbocycles. The van der Waals surface area contributed by atoms with Gasteiger partial charge in [0.15, 0.2) is 5.69 Å². The van der Waals surface area contributed by atoms with E-state index in [4.69, 9.17) is 11.6 Å². The van der Waals surface area contributed by atoms with Crippen LogP contribution >= 0.6 is 11.6 Å². The average molecular weight is 479 g/mol. The quantitative estimate of drug-likeness (QED) is 0.334. The van der Waals surface area contributed by atoms with Gasteiger partial charge in [-0.25, -0.2) is 9.67 Å². The summed E-state index contributed by atoms with van der Waals surface area (Å²) in [5.41, 5.74) is -0.0543. The molecule has 172 valence electrons. The molecule has 2 aromatic heterocycles. The monoisotopic (exact) mass is 478 g/mol. The Hall–Kier alpha value is -4.31. The van der Waals surface area contributed by atoms with E-state index < -0.39 is 28.0 Å². The number of nitro groups is 1. The number of nitrogens with zero attached hydrogens (tertiary/aromatic N) is 5. The molecule has 1 amide bonds. The van der Waals surface area contributed by atoms with Crippen molar-refractivity contribution in [2.24, 2.45) is 7.05 Å². The van der Waals surface area contributed by atoms with E-state index in [9.17, 15) is 19.7 Å². The van der Waals surface area contributed by atoms with Crippen LogP contribution in [-0.2, 0) is 7.05 Å². The summed E-state index contributed by atoms with van der Waals surface area (Å²) in [5, 5.41) is 19.0. The van der Waals surface area contributed by atoms with Gasteiger partial charge in [0.25, 0.3) is 11.6 Å². The van der Waals surface area contributed by atoms with Crippen molar-refractivity contribution in [2.75, 3.05) is 0 Å². The summed E-state index contributed by atoms with van der Waals surface area (Å²) in [6.07, 6.45) is 3.33. The van der Waals surface area contributed by atoms with Crippen LogP contribution in [0.3, 0.4) is 0 Å². The van der Waals surface area contributed by atoms with Crippen molar-refractivity contribution >= 4 is 23.2 Å². The lowest BCUT2D eigenvalue weighted by molar-refractivity contribution is -0.384. The molecule has 2 heterocycles. The van der Waals surface area contributed by atoms with Gasteiger partial charge >= 0.3 is 0 Å². The molecule has 34 heavy (non-hydrogen) atoms. The Morgan fingerprint density at radius 2 is 1.88 bits per heavy atom. The van der Waals surface area contributed by atoms with Gasteiger partial charge in [-0.2, -0.15) is 5.10 Å². The molecular formula is C23H19ClN6O4. The molecule has 0 spiro atoms. The number of para-hydroxylation sites is 2. The number of benzene rings is 2. The Kier molecular flexibility index (Phi) is 6.24. The molecular weight excluding hydrogens is 460 g/mol. The van der Waals surface area contributed by atoms with Crippen LogP contribution in [0.2, 0.25) is 5.02 Å². The second kappa shape index (κ2) is 9.28. The van der Waals surface area contributed by atoms with E-state index in [-0.39, 0.29) is 11.4 Å². The third-order valence-corrected chi connectivity index (χ3v) is 5.48. The van der Waals surface area contributed by atoms with Gasteiger partial charge in [-0.3, -0.25) is 19.7 Å². The summed E-state index contributed by atoms with van der Waals surface area (Å²) >= 11 is 6.01. The molecule has 11 heteroatoms. The van der Waals surface area contributed by atoms with Crippen LogP contribution < -0.4 is 10.7 Å². The largest absolute Gasteiger partial charge is 0.336 e. The summed E-state index contributed by atoms with van der Waals surface area (Å²) in [7, 11) is 1.78. The zero-order valence-electron chi connectivity index (χ0n) is 18.2. The Balaban J connectivity index is 1.77. The number of hydrogen-bond acceptors (Lipinski definition) is 6. The van der Waals surface area contributed by atoms with E-state index in [0.717, 1.165) is 0 Å². The molecule has 0 saturated carbocycles. The van der Waals surface area contributed by atoms with Crippen molar-refractivity contribution in [1.82, 2.24) is 24.6 Å². The van der Waals surface area contributed by atoms with Crippen LogP contribution in [-0.4, -0.2) is 30.2 Å². The maximum atomic E-state index is 13.3. The number of amides is 1. The highest BCUT2D eigenvalue weighted by Gasteiger charge is 2.25. The van der Waals surface area contributed by atoms with E-state index in [1.807, 2.05) is 0 Å². The van der Waals surface area contributed by atoms with E-state index in [1.165, 1.54) is 28.9 Å². The maximum Gasteiger partial charge on any atom is 0.294 e. The number of carbonyl (C=O) groups is 1. The van der Waals surface area contributed by atoms with Crippen LogP contribution in [0.1, 0.15) is 33.6 Å². The number of halogens is 1. The summed E-state index contributed by atoms with van der Waals surface area (Å²) < 4.78 is 2.96. The normalized spacial score (nSPS) is 11.7. The van der Waals surface area contributed by atoms with E-state index in [1.54, 1.807) is 61.3 Å². The Bertz CT molecular complexity index is 1440. The number of aryl methyl sites for hydroxylation is 2. The van der Waals surface area contributed by atoms with Crippen LogP contribution in [0.4, 0.5) is 5.69 Å². The third kappa shape index (κ3) is 4.44. The van der Waals surface area contributed by atoms with Gasteiger partial charge in [0.2, 0.25) is 5.43 Å². The van der Waals surface area contributed by atoms with Gasteiger partial charge in [-0.05, 0) is 30.7 Å². The molecule has 4 rings (SSSR count). The van der Waals surface area contributed by atoms with E-state index >= 15 is 0 Å². The van der Waals surface area contributed by atoms with Crippen LogP contribution in [0, 0.1) is 17.0 Å². The Morgan fingerprint density at radius 3 is 2.53 bits per heavy atom. The fourth-order valence-electron chi connectivity index (χ4n) is 3.55. The molecule has 0 aliphatic heterocycles. The molecule has 0 saturated heterocycles. The predicted molar refractivity (Wildman–Crippen MR) is 125 cm³/mol. The molecule has 1 atom stereocenters. The molecule has 1 N–H and O–H groups in total. The number of nitro benzene ring substituents is 1. The van der Waals surface area contributed by atoms with Crippen molar-refractivity contribution in [1.29, 1.82) is 0 Å². The third-order valence-electron chi connectivity index (χ3n) is 5.22. The standard InChI is InChI=1S/C23H19ClN6O4/c1-14-13-19(31)21(27-29(14)17-5-3-4-6-18(17)30(33)34)23(32)26-20(22-25-11-12-28(22)2)15-7-9-16(24)10-8-15/h3-13,20H,1-2H3,(H,26,32)/t20-/m1/s1. The number of rotatable bonds is 6. The van der Waals surface area contributed by atoms with E-state index in [0.29, 0.717) is 22.1 Å². The topological polar surface area (TPSA) is 125 Å². The summed E-state index contributed by atoms with van der Waals surface area (Å²) in [4.78, 5) is 41.2.